The van der Waals surface area contributed by atoms with Gasteiger partial charge >= 0.3 is 0 Å². The van der Waals surface area contributed by atoms with Gasteiger partial charge in [-0.25, -0.2) is 8.78 Å². The van der Waals surface area contributed by atoms with Gasteiger partial charge in [-0.05, 0) is 36.5 Å². The molecule has 0 aromatic heterocycles. The average Bonchev–Trinajstić information content (AvgIpc) is 2.27. The van der Waals surface area contributed by atoms with Crippen molar-refractivity contribution in [1.29, 1.82) is 0 Å². The van der Waals surface area contributed by atoms with E-state index in [4.69, 9.17) is 0 Å². The largest absolute Gasteiger partial charge is 0.244 e. The molecule has 0 amide bonds. The molecule has 3 atom stereocenters. The number of hydrogen-bond donors (Lipinski definition) is 0. The van der Waals surface area contributed by atoms with Crippen LogP contribution in [0.3, 0.4) is 0 Å². The monoisotopic (exact) mass is 232 g/mol. The number of alkyl halides is 2. The molecule has 16 heavy (non-hydrogen) atoms. The van der Waals surface area contributed by atoms with Crippen LogP contribution in [0.15, 0.2) is 0 Å². The standard InChI is InChI=1S/C14H26F2/c1-9(2)13(15)14(16)11(4)12-7-5-10(3)6-8-12/h9-14H,5-8H2,1-4H3. The summed E-state index contributed by atoms with van der Waals surface area (Å²) < 4.78 is 27.6. The molecule has 1 rings (SSSR count). The first-order valence-electron chi connectivity index (χ1n) is 6.71. The molecule has 0 radical (unpaired) electrons. The zero-order valence-electron chi connectivity index (χ0n) is 11.0. The highest BCUT2D eigenvalue weighted by atomic mass is 19.2. The fraction of sp³-hybridized carbons (Fsp3) is 1.00. The topological polar surface area (TPSA) is 0 Å². The van der Waals surface area contributed by atoms with Crippen molar-refractivity contribution in [1.82, 2.24) is 0 Å². The van der Waals surface area contributed by atoms with Crippen LogP contribution >= 0.6 is 0 Å². The van der Waals surface area contributed by atoms with Gasteiger partial charge in [0.05, 0.1) is 0 Å². The van der Waals surface area contributed by atoms with Crippen molar-refractivity contribution in [3.63, 3.8) is 0 Å². The van der Waals surface area contributed by atoms with Crippen molar-refractivity contribution in [2.24, 2.45) is 23.7 Å². The normalized spacial score (nSPS) is 32.4. The van der Waals surface area contributed by atoms with E-state index in [-0.39, 0.29) is 11.8 Å². The highest BCUT2D eigenvalue weighted by Gasteiger charge is 2.34. The molecular weight excluding hydrogens is 206 g/mol. The Bertz CT molecular complexity index is 195. The molecule has 0 spiro atoms. The molecule has 0 bridgehead atoms. The zero-order valence-corrected chi connectivity index (χ0v) is 11.0. The lowest BCUT2D eigenvalue weighted by Crippen LogP contribution is -2.34. The van der Waals surface area contributed by atoms with Gasteiger partial charge in [-0.3, -0.25) is 0 Å². The maximum absolute atomic E-state index is 13.9. The quantitative estimate of drug-likeness (QED) is 0.654. The van der Waals surface area contributed by atoms with Crippen molar-refractivity contribution in [3.8, 4) is 0 Å². The van der Waals surface area contributed by atoms with Crippen LogP contribution in [0.25, 0.3) is 0 Å². The van der Waals surface area contributed by atoms with Crippen LogP contribution in [0.1, 0.15) is 53.4 Å². The molecular formula is C14H26F2. The predicted octanol–water partition coefficient (Wildman–Crippen LogP) is 4.78. The van der Waals surface area contributed by atoms with E-state index < -0.39 is 12.3 Å². The fourth-order valence-electron chi connectivity index (χ4n) is 2.73. The van der Waals surface area contributed by atoms with Crippen molar-refractivity contribution < 1.29 is 8.78 Å². The summed E-state index contributed by atoms with van der Waals surface area (Å²) in [5.41, 5.74) is 0. The Hall–Kier alpha value is -0.140. The molecule has 1 aliphatic carbocycles. The second-order valence-electron chi connectivity index (χ2n) is 6.01. The van der Waals surface area contributed by atoms with Crippen molar-refractivity contribution in [2.45, 2.75) is 65.7 Å². The molecule has 3 unspecified atom stereocenters. The number of halogens is 2. The lowest BCUT2D eigenvalue weighted by atomic mass is 9.74. The fourth-order valence-corrected chi connectivity index (χ4v) is 2.73. The van der Waals surface area contributed by atoms with Crippen LogP contribution in [-0.2, 0) is 0 Å². The summed E-state index contributed by atoms with van der Waals surface area (Å²) >= 11 is 0. The molecule has 1 fully saturated rings. The summed E-state index contributed by atoms with van der Waals surface area (Å²) in [6.07, 6.45) is 1.94. The molecule has 0 aromatic carbocycles. The lowest BCUT2D eigenvalue weighted by Gasteiger charge is -2.34. The van der Waals surface area contributed by atoms with Crippen molar-refractivity contribution in [3.05, 3.63) is 0 Å². The summed E-state index contributed by atoms with van der Waals surface area (Å²) in [5.74, 6) is 0.834. The van der Waals surface area contributed by atoms with E-state index >= 15 is 0 Å². The predicted molar refractivity (Wildman–Crippen MR) is 64.9 cm³/mol. The Labute approximate surface area is 98.8 Å². The third kappa shape index (κ3) is 3.43. The van der Waals surface area contributed by atoms with E-state index in [0.717, 1.165) is 18.8 Å². The maximum atomic E-state index is 13.9. The SMILES string of the molecule is CC1CCC(C(C)C(F)C(F)C(C)C)CC1. The van der Waals surface area contributed by atoms with Gasteiger partial charge in [0.2, 0.25) is 0 Å². The summed E-state index contributed by atoms with van der Waals surface area (Å²) in [4.78, 5) is 0. The Morgan fingerprint density at radius 3 is 1.81 bits per heavy atom. The smallest absolute Gasteiger partial charge is 0.134 e. The van der Waals surface area contributed by atoms with E-state index in [9.17, 15) is 8.78 Å². The van der Waals surface area contributed by atoms with Gasteiger partial charge in [0, 0.05) is 0 Å². The number of hydrogen-bond acceptors (Lipinski definition) is 0. The van der Waals surface area contributed by atoms with Gasteiger partial charge in [-0.1, -0.05) is 40.5 Å². The van der Waals surface area contributed by atoms with Crippen LogP contribution in [0, 0.1) is 23.7 Å². The first-order chi connectivity index (χ1) is 7.43. The van der Waals surface area contributed by atoms with E-state index in [0.29, 0.717) is 5.92 Å². The molecule has 1 saturated carbocycles. The summed E-state index contributed by atoms with van der Waals surface area (Å²) in [5, 5.41) is 0. The summed E-state index contributed by atoms with van der Waals surface area (Å²) in [6, 6.07) is 0. The molecule has 1 aliphatic rings. The van der Waals surface area contributed by atoms with E-state index in [1.54, 1.807) is 13.8 Å². The molecule has 0 aliphatic heterocycles. The van der Waals surface area contributed by atoms with Gasteiger partial charge in [0.15, 0.2) is 0 Å². The Morgan fingerprint density at radius 2 is 1.38 bits per heavy atom. The molecule has 96 valence electrons. The highest BCUT2D eigenvalue weighted by Crippen LogP contribution is 2.37. The minimum atomic E-state index is -1.30. The van der Waals surface area contributed by atoms with E-state index in [1.807, 2.05) is 6.92 Å². The van der Waals surface area contributed by atoms with Gasteiger partial charge in [-0.2, -0.15) is 0 Å². The molecule has 0 heterocycles. The summed E-state index contributed by atoms with van der Waals surface area (Å²) in [6.45, 7) is 7.65. The van der Waals surface area contributed by atoms with Crippen molar-refractivity contribution >= 4 is 0 Å². The van der Waals surface area contributed by atoms with Crippen LogP contribution in [0.4, 0.5) is 8.78 Å². The average molecular weight is 232 g/mol. The van der Waals surface area contributed by atoms with Gasteiger partial charge in [-0.15, -0.1) is 0 Å². The first kappa shape index (κ1) is 13.9. The zero-order chi connectivity index (χ0) is 12.3. The van der Waals surface area contributed by atoms with Gasteiger partial charge in [0.25, 0.3) is 0 Å². The first-order valence-corrected chi connectivity index (χ1v) is 6.71. The minimum absolute atomic E-state index is 0.120. The minimum Gasteiger partial charge on any atom is -0.244 e. The summed E-state index contributed by atoms with van der Waals surface area (Å²) in [7, 11) is 0. The molecule has 0 N–H and O–H groups in total. The van der Waals surface area contributed by atoms with Crippen LogP contribution in [0.5, 0.6) is 0 Å². The van der Waals surface area contributed by atoms with Crippen LogP contribution in [-0.4, -0.2) is 12.3 Å². The van der Waals surface area contributed by atoms with Gasteiger partial charge in [0.1, 0.15) is 12.3 Å². The molecule has 0 saturated heterocycles. The van der Waals surface area contributed by atoms with Crippen LogP contribution < -0.4 is 0 Å². The molecule has 0 aromatic rings. The van der Waals surface area contributed by atoms with Gasteiger partial charge < -0.3 is 0 Å². The lowest BCUT2D eigenvalue weighted by molar-refractivity contribution is 0.0463. The van der Waals surface area contributed by atoms with E-state index in [1.165, 1.54) is 12.8 Å². The Kier molecular flexibility index (Phi) is 5.20. The van der Waals surface area contributed by atoms with Crippen molar-refractivity contribution in [2.75, 3.05) is 0 Å². The second kappa shape index (κ2) is 5.97. The Balaban J connectivity index is 2.47. The van der Waals surface area contributed by atoms with E-state index in [2.05, 4.69) is 6.92 Å². The third-order valence-electron chi connectivity index (χ3n) is 4.25. The van der Waals surface area contributed by atoms with Crippen LogP contribution in [0.2, 0.25) is 0 Å². The molecule has 0 nitrogen and oxygen atoms in total. The molecule has 2 heteroatoms. The third-order valence-corrected chi connectivity index (χ3v) is 4.25. The highest BCUT2D eigenvalue weighted by molar-refractivity contribution is 4.83. The number of rotatable bonds is 4. The Morgan fingerprint density at radius 1 is 0.875 bits per heavy atom. The second-order valence-corrected chi connectivity index (χ2v) is 6.01. The maximum Gasteiger partial charge on any atom is 0.134 e.